The molecule has 4 N–H and O–H groups in total. The molecule has 15 heteroatoms. The number of nitrogens with zero attached hydrogens (tertiary/aromatic N) is 5. The largest absolute Gasteiger partial charge is 0.464 e. The molecule has 13 nitrogen and oxygen atoms in total. The van der Waals surface area contributed by atoms with Gasteiger partial charge >= 0.3 is 6.09 Å². The fourth-order valence-electron chi connectivity index (χ4n) is 9.26. The summed E-state index contributed by atoms with van der Waals surface area (Å²) in [6.45, 7) is 4.30. The van der Waals surface area contributed by atoms with Crippen molar-refractivity contribution in [3.63, 3.8) is 0 Å². The summed E-state index contributed by atoms with van der Waals surface area (Å²) in [6, 6.07) is 11.6. The highest BCUT2D eigenvalue weighted by Crippen LogP contribution is 2.50. The van der Waals surface area contributed by atoms with Crippen molar-refractivity contribution in [1.29, 1.82) is 0 Å². The highest BCUT2D eigenvalue weighted by atomic mass is 32.1. The smallest absolute Gasteiger partial charge is 0.407 e. The van der Waals surface area contributed by atoms with E-state index in [0.29, 0.717) is 53.3 Å². The number of ether oxygens (including phenoxy) is 2. The molecule has 58 heavy (non-hydrogen) atoms. The SMILES string of the molecule is COC(=O)N[C@H](C(=O)N1CCC[C@H]1c1ncc(-c2cc(F)c3c(c2)OC(c2cnc(C4CC4)s2)n2c-3cc3cc(-c4cnc([C@@H]5C[C@H]6C[C@H]6N5)[nH]4)ccc32)[nH]1)C(C)C. The molecule has 0 radical (unpaired) electrons. The number of hydrogen-bond donors (Lipinski definition) is 4. The quantitative estimate of drug-likeness (QED) is 0.115. The van der Waals surface area contributed by atoms with Gasteiger partial charge in [0.25, 0.3) is 0 Å². The van der Waals surface area contributed by atoms with Gasteiger partial charge in [-0.25, -0.2) is 24.1 Å². The Balaban J connectivity index is 0.935. The molecule has 0 spiro atoms. The number of imidazole rings is 2. The van der Waals surface area contributed by atoms with Crippen LogP contribution in [0.4, 0.5) is 9.18 Å². The number of carbonyl (C=O) groups is 2. The van der Waals surface area contributed by atoms with Crippen molar-refractivity contribution >= 4 is 34.2 Å². The second-order valence-electron chi connectivity index (χ2n) is 16.8. The first-order chi connectivity index (χ1) is 28.2. The van der Waals surface area contributed by atoms with Gasteiger partial charge in [-0.1, -0.05) is 19.9 Å². The van der Waals surface area contributed by atoms with Gasteiger partial charge in [-0.3, -0.25) is 9.36 Å². The van der Waals surface area contributed by atoms with E-state index in [2.05, 4.69) is 49.4 Å². The summed E-state index contributed by atoms with van der Waals surface area (Å²) in [5.41, 5.74) is 5.21. The van der Waals surface area contributed by atoms with Crippen LogP contribution in [0.2, 0.25) is 0 Å². The third-order valence-electron chi connectivity index (χ3n) is 12.6. The molecule has 2 saturated carbocycles. The number of aromatic nitrogens is 6. The number of piperidine rings is 1. The van der Waals surface area contributed by atoms with Crippen LogP contribution >= 0.6 is 11.3 Å². The minimum atomic E-state index is -0.744. The Morgan fingerprint density at radius 3 is 2.57 bits per heavy atom. The van der Waals surface area contributed by atoms with Crippen molar-refractivity contribution in [3.8, 4) is 39.5 Å². The van der Waals surface area contributed by atoms with E-state index in [1.165, 1.54) is 19.6 Å². The topological polar surface area (TPSA) is 155 Å². The lowest BCUT2D eigenvalue weighted by Crippen LogP contribution is -2.51. The second kappa shape index (κ2) is 13.5. The maximum Gasteiger partial charge on any atom is 0.407 e. The van der Waals surface area contributed by atoms with Crippen LogP contribution in [0.5, 0.6) is 5.75 Å². The molecule has 2 aliphatic carbocycles. The lowest BCUT2D eigenvalue weighted by atomic mass is 10.0. The summed E-state index contributed by atoms with van der Waals surface area (Å²) in [5, 5.41) is 8.46. The fourth-order valence-corrected chi connectivity index (χ4v) is 10.4. The van der Waals surface area contributed by atoms with Crippen LogP contribution < -0.4 is 15.4 Å². The van der Waals surface area contributed by atoms with Gasteiger partial charge in [-0.05, 0) is 80.7 Å². The third-order valence-corrected chi connectivity index (χ3v) is 13.8. The average molecular weight is 802 g/mol. The number of benzene rings is 2. The van der Waals surface area contributed by atoms with Crippen LogP contribution in [0.1, 0.15) is 98.1 Å². The number of nitrogens with one attached hydrogen (secondary N) is 4. The number of hydrogen-bond acceptors (Lipinski definition) is 9. The maximum absolute atomic E-state index is 16.7. The predicted molar refractivity (Wildman–Crippen MR) is 216 cm³/mol. The Hall–Kier alpha value is -5.54. The summed E-state index contributed by atoms with van der Waals surface area (Å²) in [5.74, 6) is 2.52. The van der Waals surface area contributed by atoms with Crippen LogP contribution in [-0.4, -0.2) is 72.1 Å². The van der Waals surface area contributed by atoms with Crippen LogP contribution in [0.3, 0.4) is 0 Å². The second-order valence-corrected chi connectivity index (χ2v) is 17.9. The van der Waals surface area contributed by atoms with E-state index in [9.17, 15) is 9.59 Å². The monoisotopic (exact) mass is 801 g/mol. The zero-order valence-electron chi connectivity index (χ0n) is 32.4. The highest BCUT2D eigenvalue weighted by molar-refractivity contribution is 7.11. The molecule has 2 saturated heterocycles. The lowest BCUT2D eigenvalue weighted by molar-refractivity contribution is -0.135. The molecule has 2 aromatic carbocycles. The standard InChI is InChI=1S/C43H44FN9O4S/c1-20(2)37(51-43(55)56-3)41(54)52-10-4-5-32(52)39-46-18-30(50-39)23-12-26(44)36-33-15-25-11-22(29-17-45-38(49-29)28-14-24-13-27(24)48-28)8-9-31(25)53(33)42(57-34(36)16-23)35-19-47-40(58-35)21-6-7-21/h8-9,11-12,15-21,24,27-28,32,37,42,48H,4-7,10,13-14H2,1-3H3,(H,45,49)(H,46,50)(H,51,55)/t24-,27-,28+,32+,37+,42?/m1/s1. The number of H-pyrrole nitrogens is 2. The van der Waals surface area contributed by atoms with Crippen LogP contribution in [0, 0.1) is 17.7 Å². The minimum Gasteiger partial charge on any atom is -0.464 e. The van der Waals surface area contributed by atoms with Crippen molar-refractivity contribution in [2.24, 2.45) is 11.8 Å². The Kier molecular flexibility index (Phi) is 8.30. The molecule has 0 bridgehead atoms. The van der Waals surface area contributed by atoms with E-state index < -0.39 is 24.2 Å². The van der Waals surface area contributed by atoms with Gasteiger partial charge in [0, 0.05) is 41.2 Å². The van der Waals surface area contributed by atoms with E-state index in [0.717, 1.165) is 75.2 Å². The zero-order chi connectivity index (χ0) is 39.4. The number of rotatable bonds is 9. The van der Waals surface area contributed by atoms with E-state index >= 15 is 4.39 Å². The number of alkyl carbamates (subject to hydrolysis) is 1. The van der Waals surface area contributed by atoms with Crippen LogP contribution in [-0.2, 0) is 9.53 Å². The molecule has 298 valence electrons. The summed E-state index contributed by atoms with van der Waals surface area (Å²) >= 11 is 1.66. The molecule has 1 unspecified atom stereocenters. The van der Waals surface area contributed by atoms with Gasteiger partial charge in [0.2, 0.25) is 12.1 Å². The molecule has 4 fully saturated rings. The molecule has 6 atom stereocenters. The van der Waals surface area contributed by atoms with Gasteiger partial charge in [0.05, 0.1) is 69.6 Å². The van der Waals surface area contributed by atoms with E-state index in [1.54, 1.807) is 22.4 Å². The molecule has 11 rings (SSSR count). The molecule has 3 aliphatic heterocycles. The minimum absolute atomic E-state index is 0.151. The van der Waals surface area contributed by atoms with Gasteiger partial charge in [0.15, 0.2) is 0 Å². The summed E-state index contributed by atoms with van der Waals surface area (Å²) in [7, 11) is 1.28. The zero-order valence-corrected chi connectivity index (χ0v) is 33.2. The number of aromatic amines is 2. The van der Waals surface area contributed by atoms with Crippen molar-refractivity contribution in [1.82, 2.24) is 45.0 Å². The highest BCUT2D eigenvalue weighted by Gasteiger charge is 2.47. The van der Waals surface area contributed by atoms with E-state index in [4.69, 9.17) is 24.4 Å². The number of thiazole rings is 1. The summed E-state index contributed by atoms with van der Waals surface area (Å²) in [4.78, 5) is 49.7. The lowest BCUT2D eigenvalue weighted by Gasteiger charge is -2.30. The molecule has 4 aromatic heterocycles. The number of amides is 2. The number of methoxy groups -OCH3 is 1. The first kappa shape index (κ1) is 35.6. The third kappa shape index (κ3) is 6.00. The molecule has 5 aliphatic rings. The number of carbonyl (C=O) groups excluding carboxylic acids is 2. The molecular weight excluding hydrogens is 758 g/mol. The van der Waals surface area contributed by atoms with Crippen molar-refractivity contribution in [2.75, 3.05) is 13.7 Å². The molecule has 7 heterocycles. The fraction of sp³-hybridized carbons (Fsp3) is 0.419. The predicted octanol–water partition coefficient (Wildman–Crippen LogP) is 7.97. The van der Waals surface area contributed by atoms with E-state index in [1.807, 2.05) is 32.3 Å². The van der Waals surface area contributed by atoms with Gasteiger partial charge in [-0.15, -0.1) is 11.3 Å². The van der Waals surface area contributed by atoms with Crippen LogP contribution in [0.25, 0.3) is 44.7 Å². The molecule has 6 aromatic rings. The first-order valence-electron chi connectivity index (χ1n) is 20.3. The normalized spacial score (nSPS) is 23.7. The first-order valence-corrected chi connectivity index (χ1v) is 21.1. The number of likely N-dealkylation sites (tertiary alicyclic amines) is 1. The van der Waals surface area contributed by atoms with Gasteiger partial charge in [-0.2, -0.15) is 0 Å². The van der Waals surface area contributed by atoms with E-state index in [-0.39, 0.29) is 23.9 Å². The Bertz CT molecular complexity index is 2600. The van der Waals surface area contributed by atoms with Gasteiger partial charge in [0.1, 0.15) is 29.3 Å². The van der Waals surface area contributed by atoms with Crippen LogP contribution in [0.15, 0.2) is 55.0 Å². The molecule has 2 amide bonds. The van der Waals surface area contributed by atoms with Crippen molar-refractivity contribution in [2.45, 2.75) is 88.7 Å². The Morgan fingerprint density at radius 1 is 0.983 bits per heavy atom. The number of halogens is 1. The average Bonchev–Trinajstić information content (AvgIpc) is 3.72. The van der Waals surface area contributed by atoms with Crippen molar-refractivity contribution < 1.29 is 23.5 Å². The maximum atomic E-state index is 16.7. The Morgan fingerprint density at radius 2 is 1.79 bits per heavy atom. The van der Waals surface area contributed by atoms with Crippen molar-refractivity contribution in [3.05, 3.63) is 82.3 Å². The van der Waals surface area contributed by atoms with Gasteiger partial charge < -0.3 is 35.0 Å². The number of fused-ring (bicyclic) bond motifs is 6. The summed E-state index contributed by atoms with van der Waals surface area (Å²) < 4.78 is 30.4. The summed E-state index contributed by atoms with van der Waals surface area (Å²) in [6.07, 6.45) is 10.5. The molecular formula is C43H44FN9O4S. The Labute approximate surface area is 337 Å².